The fraction of sp³-hybridized carbons (Fsp3) is 0.300. The maximum atomic E-state index is 4.33. The van der Waals surface area contributed by atoms with Crippen LogP contribution in [0.25, 0.3) is 0 Å². The van der Waals surface area contributed by atoms with Crippen LogP contribution in [0.4, 0.5) is 0 Å². The van der Waals surface area contributed by atoms with Crippen molar-refractivity contribution in [3.05, 3.63) is 36.0 Å². The zero-order chi connectivity index (χ0) is 7.68. The average Bonchev–Trinajstić information content (AvgIpc) is 2.06. The fourth-order valence-corrected chi connectivity index (χ4v) is 1.54. The van der Waals surface area contributed by atoms with Crippen LogP contribution in [0, 0.1) is 5.92 Å². The van der Waals surface area contributed by atoms with E-state index in [2.05, 4.69) is 42.3 Å². The summed E-state index contributed by atoms with van der Waals surface area (Å²) in [6, 6.07) is 0.413. The van der Waals surface area contributed by atoms with Crippen molar-refractivity contribution in [2.75, 3.05) is 0 Å². The van der Waals surface area contributed by atoms with E-state index >= 15 is 0 Å². The van der Waals surface area contributed by atoms with Gasteiger partial charge in [-0.3, -0.25) is 4.99 Å². The molecular formula is C10H11N. The van der Waals surface area contributed by atoms with E-state index < -0.39 is 0 Å². The number of nitrogens with zero attached hydrogens (tertiary/aromatic N) is 1. The average molecular weight is 145 g/mol. The summed E-state index contributed by atoms with van der Waals surface area (Å²) in [6.45, 7) is 2.15. The standard InChI is InChI=1S/C10H11N/c1-8-10-5-3-2-4-9(10)6-7-11-8/h2-8,10H,1H3. The van der Waals surface area contributed by atoms with Crippen molar-refractivity contribution in [3.8, 4) is 0 Å². The van der Waals surface area contributed by atoms with Crippen LogP contribution in [-0.4, -0.2) is 12.3 Å². The van der Waals surface area contributed by atoms with Gasteiger partial charge in [-0.05, 0) is 18.6 Å². The first kappa shape index (κ1) is 6.59. The Morgan fingerprint density at radius 2 is 2.27 bits per heavy atom. The predicted octanol–water partition coefficient (Wildman–Crippen LogP) is 2.13. The SMILES string of the molecule is CC1N=CC=C2C=CC=CC21. The summed E-state index contributed by atoms with van der Waals surface area (Å²) >= 11 is 0. The molecular weight excluding hydrogens is 134 g/mol. The second-order valence-corrected chi connectivity index (χ2v) is 2.98. The van der Waals surface area contributed by atoms with Gasteiger partial charge in [0.25, 0.3) is 0 Å². The fourth-order valence-electron chi connectivity index (χ4n) is 1.54. The minimum atomic E-state index is 0.413. The zero-order valence-corrected chi connectivity index (χ0v) is 6.57. The van der Waals surface area contributed by atoms with Crippen LogP contribution in [0.1, 0.15) is 6.92 Å². The van der Waals surface area contributed by atoms with E-state index in [-0.39, 0.29) is 0 Å². The molecule has 2 rings (SSSR count). The van der Waals surface area contributed by atoms with Crippen LogP contribution in [0.2, 0.25) is 0 Å². The molecule has 56 valence electrons. The van der Waals surface area contributed by atoms with Gasteiger partial charge in [-0.1, -0.05) is 24.3 Å². The number of fused-ring (bicyclic) bond motifs is 1. The van der Waals surface area contributed by atoms with Gasteiger partial charge in [0.2, 0.25) is 0 Å². The van der Waals surface area contributed by atoms with E-state index in [1.54, 1.807) is 0 Å². The Balaban J connectivity index is 2.35. The summed E-state index contributed by atoms with van der Waals surface area (Å²) in [5.41, 5.74) is 1.38. The quantitative estimate of drug-likeness (QED) is 0.495. The third-order valence-electron chi connectivity index (χ3n) is 2.21. The van der Waals surface area contributed by atoms with Crippen LogP contribution in [0.15, 0.2) is 40.9 Å². The van der Waals surface area contributed by atoms with Crippen molar-refractivity contribution in [1.29, 1.82) is 0 Å². The van der Waals surface area contributed by atoms with Gasteiger partial charge in [0, 0.05) is 12.1 Å². The van der Waals surface area contributed by atoms with E-state index in [0.29, 0.717) is 12.0 Å². The lowest BCUT2D eigenvalue weighted by atomic mass is 9.87. The van der Waals surface area contributed by atoms with E-state index in [1.807, 2.05) is 6.21 Å². The van der Waals surface area contributed by atoms with E-state index in [0.717, 1.165) is 0 Å². The minimum Gasteiger partial charge on any atom is -0.289 e. The smallest absolute Gasteiger partial charge is 0.0574 e. The summed E-state index contributed by atoms with van der Waals surface area (Å²) in [5.74, 6) is 0.519. The first-order valence-electron chi connectivity index (χ1n) is 3.96. The van der Waals surface area contributed by atoms with Gasteiger partial charge < -0.3 is 0 Å². The number of aliphatic imine (C=N–C) groups is 1. The maximum Gasteiger partial charge on any atom is 0.0574 e. The van der Waals surface area contributed by atoms with E-state index in [9.17, 15) is 0 Å². The Hall–Kier alpha value is -1.11. The molecule has 0 saturated carbocycles. The van der Waals surface area contributed by atoms with Gasteiger partial charge in [0.05, 0.1) is 6.04 Å². The number of hydrogen-bond acceptors (Lipinski definition) is 1. The van der Waals surface area contributed by atoms with Gasteiger partial charge in [-0.15, -0.1) is 0 Å². The molecule has 1 aliphatic carbocycles. The highest BCUT2D eigenvalue weighted by atomic mass is 14.8. The van der Waals surface area contributed by atoms with Crippen LogP contribution in [-0.2, 0) is 0 Å². The molecule has 0 amide bonds. The van der Waals surface area contributed by atoms with Crippen molar-refractivity contribution < 1.29 is 0 Å². The molecule has 0 fully saturated rings. The highest BCUT2D eigenvalue weighted by Crippen LogP contribution is 2.25. The Bertz CT molecular complexity index is 269. The zero-order valence-electron chi connectivity index (χ0n) is 6.57. The summed E-state index contributed by atoms with van der Waals surface area (Å²) in [6.07, 6.45) is 12.5. The Labute approximate surface area is 66.8 Å². The third kappa shape index (κ3) is 1.07. The summed E-state index contributed by atoms with van der Waals surface area (Å²) in [5, 5.41) is 0. The van der Waals surface area contributed by atoms with E-state index in [1.165, 1.54) is 5.57 Å². The molecule has 1 heterocycles. The molecule has 0 aromatic rings. The van der Waals surface area contributed by atoms with Gasteiger partial charge in [-0.2, -0.15) is 0 Å². The molecule has 0 N–H and O–H groups in total. The van der Waals surface area contributed by atoms with Gasteiger partial charge in [-0.25, -0.2) is 0 Å². The first-order valence-corrected chi connectivity index (χ1v) is 3.96. The summed E-state index contributed by atoms with van der Waals surface area (Å²) in [7, 11) is 0. The molecule has 1 aliphatic heterocycles. The number of hydrogen-bond donors (Lipinski definition) is 0. The van der Waals surface area contributed by atoms with Crippen molar-refractivity contribution in [3.63, 3.8) is 0 Å². The molecule has 1 heteroatoms. The molecule has 2 atom stereocenters. The lowest BCUT2D eigenvalue weighted by molar-refractivity contribution is 0.611. The highest BCUT2D eigenvalue weighted by molar-refractivity contribution is 5.75. The first-order chi connectivity index (χ1) is 5.38. The molecule has 11 heavy (non-hydrogen) atoms. The van der Waals surface area contributed by atoms with Gasteiger partial charge >= 0.3 is 0 Å². The molecule has 1 nitrogen and oxygen atoms in total. The lowest BCUT2D eigenvalue weighted by Crippen LogP contribution is -2.19. The Kier molecular flexibility index (Phi) is 1.50. The molecule has 0 saturated heterocycles. The van der Waals surface area contributed by atoms with Crippen molar-refractivity contribution >= 4 is 6.21 Å². The second-order valence-electron chi connectivity index (χ2n) is 2.98. The summed E-state index contributed by atoms with van der Waals surface area (Å²) < 4.78 is 0. The molecule has 2 aliphatic rings. The molecule has 0 spiro atoms. The van der Waals surface area contributed by atoms with Crippen LogP contribution in [0.5, 0.6) is 0 Å². The predicted molar refractivity (Wildman–Crippen MR) is 47.8 cm³/mol. The van der Waals surface area contributed by atoms with Gasteiger partial charge in [0.15, 0.2) is 0 Å². The molecule has 2 unspecified atom stereocenters. The van der Waals surface area contributed by atoms with Crippen molar-refractivity contribution in [2.24, 2.45) is 10.9 Å². The lowest BCUT2D eigenvalue weighted by Gasteiger charge is -2.23. The second kappa shape index (κ2) is 2.50. The number of allylic oxidation sites excluding steroid dienone is 4. The van der Waals surface area contributed by atoms with Crippen molar-refractivity contribution in [2.45, 2.75) is 13.0 Å². The number of rotatable bonds is 0. The Morgan fingerprint density at radius 1 is 1.36 bits per heavy atom. The topological polar surface area (TPSA) is 12.4 Å². The van der Waals surface area contributed by atoms with Crippen LogP contribution < -0.4 is 0 Å². The monoisotopic (exact) mass is 145 g/mol. The normalized spacial score (nSPS) is 33.4. The molecule has 0 aromatic heterocycles. The number of dihydropyridines is 1. The third-order valence-corrected chi connectivity index (χ3v) is 2.21. The largest absolute Gasteiger partial charge is 0.289 e. The van der Waals surface area contributed by atoms with Crippen LogP contribution >= 0.6 is 0 Å². The minimum absolute atomic E-state index is 0.413. The van der Waals surface area contributed by atoms with Crippen molar-refractivity contribution in [1.82, 2.24) is 0 Å². The van der Waals surface area contributed by atoms with Crippen LogP contribution in [0.3, 0.4) is 0 Å². The summed E-state index contributed by atoms with van der Waals surface area (Å²) in [4.78, 5) is 4.33. The van der Waals surface area contributed by atoms with Gasteiger partial charge in [0.1, 0.15) is 0 Å². The molecule has 0 aromatic carbocycles. The van der Waals surface area contributed by atoms with E-state index in [4.69, 9.17) is 0 Å². The highest BCUT2D eigenvalue weighted by Gasteiger charge is 2.19. The molecule has 0 radical (unpaired) electrons. The Morgan fingerprint density at radius 3 is 3.09 bits per heavy atom. The maximum absolute atomic E-state index is 4.33. The molecule has 0 bridgehead atoms.